The van der Waals surface area contributed by atoms with Gasteiger partial charge in [-0.05, 0) is 25.0 Å². The minimum absolute atomic E-state index is 0.0383. The Hall–Kier alpha value is -2.37. The van der Waals surface area contributed by atoms with E-state index in [1.165, 1.54) is 31.1 Å². The molecule has 1 N–H and O–H groups in total. The van der Waals surface area contributed by atoms with Gasteiger partial charge in [-0.15, -0.1) is 0 Å². The first-order chi connectivity index (χ1) is 9.99. The maximum absolute atomic E-state index is 10.9. The van der Waals surface area contributed by atoms with Crippen molar-refractivity contribution in [3.05, 3.63) is 40.0 Å². The quantitative estimate of drug-likeness (QED) is 0.512. The van der Waals surface area contributed by atoms with E-state index in [0.717, 1.165) is 24.6 Å². The largest absolute Gasteiger partial charge is 0.478 e. The van der Waals surface area contributed by atoms with Crippen molar-refractivity contribution in [2.24, 2.45) is 0 Å². The van der Waals surface area contributed by atoms with Gasteiger partial charge < -0.3 is 10.0 Å². The molecule has 0 aromatic heterocycles. The fraction of sp³-hybridized carbons (Fsp3) is 0.400. The minimum Gasteiger partial charge on any atom is -0.478 e. The van der Waals surface area contributed by atoms with E-state index in [-0.39, 0.29) is 5.69 Å². The highest BCUT2D eigenvalue weighted by molar-refractivity contribution is 5.87. The van der Waals surface area contributed by atoms with Gasteiger partial charge in [0.05, 0.1) is 4.92 Å². The Morgan fingerprint density at radius 2 is 2.10 bits per heavy atom. The average molecular weight is 290 g/mol. The molecule has 0 atom stereocenters. The number of anilines is 1. The van der Waals surface area contributed by atoms with Crippen molar-refractivity contribution in [2.45, 2.75) is 31.7 Å². The lowest BCUT2D eigenvalue weighted by molar-refractivity contribution is -0.384. The van der Waals surface area contributed by atoms with Crippen LogP contribution >= 0.6 is 0 Å². The van der Waals surface area contributed by atoms with E-state index in [2.05, 4.69) is 4.90 Å². The van der Waals surface area contributed by atoms with E-state index in [0.29, 0.717) is 11.6 Å². The lowest BCUT2D eigenvalue weighted by atomic mass is 10.1. The molecule has 21 heavy (non-hydrogen) atoms. The van der Waals surface area contributed by atoms with Crippen molar-refractivity contribution >= 4 is 23.4 Å². The summed E-state index contributed by atoms with van der Waals surface area (Å²) in [7, 11) is 1.95. The first-order valence-corrected chi connectivity index (χ1v) is 6.91. The highest BCUT2D eigenvalue weighted by atomic mass is 16.6. The molecule has 0 radical (unpaired) electrons. The number of hydrogen-bond acceptors (Lipinski definition) is 4. The number of rotatable bonds is 5. The number of nitro benzene ring substituents is 1. The predicted octanol–water partition coefficient (Wildman–Crippen LogP) is 3.07. The van der Waals surface area contributed by atoms with E-state index in [1.54, 1.807) is 6.07 Å². The van der Waals surface area contributed by atoms with Crippen LogP contribution in [0.15, 0.2) is 24.3 Å². The van der Waals surface area contributed by atoms with Gasteiger partial charge in [-0.2, -0.15) is 0 Å². The van der Waals surface area contributed by atoms with Gasteiger partial charge in [-0.3, -0.25) is 10.1 Å². The Kier molecular flexibility index (Phi) is 4.57. The second kappa shape index (κ2) is 6.39. The molecule has 0 bridgehead atoms. The summed E-state index contributed by atoms with van der Waals surface area (Å²) in [6.45, 7) is 0. The number of carboxylic acid groups (broad SMARTS) is 1. The third kappa shape index (κ3) is 3.59. The van der Waals surface area contributed by atoms with E-state index >= 15 is 0 Å². The van der Waals surface area contributed by atoms with E-state index in [1.807, 2.05) is 7.05 Å². The van der Waals surface area contributed by atoms with Crippen LogP contribution in [0.2, 0.25) is 0 Å². The van der Waals surface area contributed by atoms with Crippen LogP contribution in [0.5, 0.6) is 0 Å². The summed E-state index contributed by atoms with van der Waals surface area (Å²) in [6, 6.07) is 4.97. The zero-order chi connectivity index (χ0) is 15.4. The molecule has 0 amide bonds. The third-order valence-corrected chi connectivity index (χ3v) is 3.88. The third-order valence-electron chi connectivity index (χ3n) is 3.88. The molecule has 1 saturated carbocycles. The van der Waals surface area contributed by atoms with Gasteiger partial charge in [0.15, 0.2) is 0 Å². The van der Waals surface area contributed by atoms with Crippen LogP contribution in [0.25, 0.3) is 6.08 Å². The van der Waals surface area contributed by atoms with Crippen molar-refractivity contribution < 1.29 is 14.8 Å². The Bertz CT molecular complexity index is 577. The summed E-state index contributed by atoms with van der Waals surface area (Å²) in [4.78, 5) is 23.2. The molecule has 1 fully saturated rings. The summed E-state index contributed by atoms with van der Waals surface area (Å²) in [6.07, 6.45) is 6.97. The number of carbonyl (C=O) groups is 1. The van der Waals surface area contributed by atoms with Gasteiger partial charge in [-0.1, -0.05) is 12.8 Å². The number of nitro groups is 1. The maximum atomic E-state index is 10.9. The average Bonchev–Trinajstić information content (AvgIpc) is 2.98. The number of nitrogens with zero attached hydrogens (tertiary/aromatic N) is 2. The zero-order valence-electron chi connectivity index (χ0n) is 11.9. The van der Waals surface area contributed by atoms with Crippen molar-refractivity contribution in [3.8, 4) is 0 Å². The van der Waals surface area contributed by atoms with Crippen LogP contribution in [-0.2, 0) is 4.79 Å². The molecule has 1 aromatic rings. The molecule has 2 rings (SSSR count). The second-order valence-electron chi connectivity index (χ2n) is 5.22. The predicted molar refractivity (Wildman–Crippen MR) is 80.4 cm³/mol. The van der Waals surface area contributed by atoms with Gasteiger partial charge in [0, 0.05) is 42.5 Å². The normalized spacial score (nSPS) is 15.5. The highest BCUT2D eigenvalue weighted by Gasteiger charge is 2.22. The fourth-order valence-electron chi connectivity index (χ4n) is 2.76. The number of non-ortho nitro benzene ring substituents is 1. The molecular weight excluding hydrogens is 272 g/mol. The van der Waals surface area contributed by atoms with Crippen molar-refractivity contribution in [3.63, 3.8) is 0 Å². The molecule has 0 aliphatic heterocycles. The smallest absolute Gasteiger partial charge is 0.328 e. The molecule has 0 saturated heterocycles. The molecular formula is C15H18N2O4. The van der Waals surface area contributed by atoms with E-state index in [4.69, 9.17) is 5.11 Å². The van der Waals surface area contributed by atoms with Crippen LogP contribution in [0.1, 0.15) is 31.2 Å². The summed E-state index contributed by atoms with van der Waals surface area (Å²) >= 11 is 0. The molecule has 1 aliphatic rings. The lowest BCUT2D eigenvalue weighted by Crippen LogP contribution is -2.29. The Morgan fingerprint density at radius 3 is 2.67 bits per heavy atom. The number of aliphatic carboxylic acids is 1. The van der Waals surface area contributed by atoms with Gasteiger partial charge in [-0.25, -0.2) is 4.79 Å². The molecule has 0 heterocycles. The SMILES string of the molecule is CN(c1ccc([N+](=O)[O-])cc1/C=C/C(=O)O)C1CCCC1. The van der Waals surface area contributed by atoms with E-state index in [9.17, 15) is 14.9 Å². The first-order valence-electron chi connectivity index (χ1n) is 6.91. The van der Waals surface area contributed by atoms with Crippen molar-refractivity contribution in [2.75, 3.05) is 11.9 Å². The van der Waals surface area contributed by atoms with Crippen molar-refractivity contribution in [1.82, 2.24) is 0 Å². The molecule has 0 unspecified atom stereocenters. The summed E-state index contributed by atoms with van der Waals surface area (Å²) in [5.41, 5.74) is 1.34. The number of hydrogen-bond donors (Lipinski definition) is 1. The number of benzene rings is 1. The zero-order valence-corrected chi connectivity index (χ0v) is 11.9. The molecule has 1 aromatic carbocycles. The Balaban J connectivity index is 2.38. The van der Waals surface area contributed by atoms with Crippen LogP contribution in [-0.4, -0.2) is 29.1 Å². The van der Waals surface area contributed by atoms with Crippen LogP contribution in [0.3, 0.4) is 0 Å². The number of carboxylic acids is 1. The van der Waals surface area contributed by atoms with Gasteiger partial charge in [0.1, 0.15) is 0 Å². The Labute approximate surface area is 122 Å². The van der Waals surface area contributed by atoms with E-state index < -0.39 is 10.9 Å². The van der Waals surface area contributed by atoms with Crippen LogP contribution in [0.4, 0.5) is 11.4 Å². The molecule has 112 valence electrons. The topological polar surface area (TPSA) is 83.7 Å². The highest BCUT2D eigenvalue weighted by Crippen LogP contribution is 2.31. The molecule has 0 spiro atoms. The minimum atomic E-state index is -1.07. The maximum Gasteiger partial charge on any atom is 0.328 e. The standard InChI is InChI=1S/C15H18N2O4/c1-16(12-4-2-3-5-12)14-8-7-13(17(20)21)10-11(14)6-9-15(18)19/h6-10,12H,2-5H2,1H3,(H,18,19)/b9-6+. The Morgan fingerprint density at radius 1 is 1.43 bits per heavy atom. The summed E-state index contributed by atoms with van der Waals surface area (Å²) < 4.78 is 0. The lowest BCUT2D eigenvalue weighted by Gasteiger charge is -2.28. The van der Waals surface area contributed by atoms with Crippen LogP contribution in [0, 0.1) is 10.1 Å². The first kappa shape index (κ1) is 15.0. The van der Waals surface area contributed by atoms with Gasteiger partial charge >= 0.3 is 5.97 Å². The van der Waals surface area contributed by atoms with Gasteiger partial charge in [0.2, 0.25) is 0 Å². The molecule has 6 nitrogen and oxygen atoms in total. The summed E-state index contributed by atoms with van der Waals surface area (Å²) in [5, 5.41) is 19.6. The molecule has 1 aliphatic carbocycles. The van der Waals surface area contributed by atoms with Crippen LogP contribution < -0.4 is 4.90 Å². The summed E-state index contributed by atoms with van der Waals surface area (Å²) in [5.74, 6) is -1.07. The monoisotopic (exact) mass is 290 g/mol. The van der Waals surface area contributed by atoms with Gasteiger partial charge in [0.25, 0.3) is 5.69 Å². The second-order valence-corrected chi connectivity index (χ2v) is 5.22. The molecule has 6 heteroatoms. The fourth-order valence-corrected chi connectivity index (χ4v) is 2.76. The van der Waals surface area contributed by atoms with Crippen molar-refractivity contribution in [1.29, 1.82) is 0 Å².